The molecule has 0 fully saturated rings. The highest BCUT2D eigenvalue weighted by molar-refractivity contribution is 6.04. The summed E-state index contributed by atoms with van der Waals surface area (Å²) in [6.07, 6.45) is 0. The molecule has 1 aromatic heterocycles. The van der Waals surface area contributed by atoms with Gasteiger partial charge in [-0.2, -0.15) is 0 Å². The maximum atomic E-state index is 11.9. The van der Waals surface area contributed by atoms with Crippen LogP contribution in [0.4, 0.5) is 11.7 Å². The van der Waals surface area contributed by atoms with Gasteiger partial charge in [-0.1, -0.05) is 5.10 Å². The molecule has 0 aliphatic carbocycles. The second-order valence-corrected chi connectivity index (χ2v) is 3.84. The number of hydrogen-bond acceptors (Lipinski definition) is 6. The first-order valence-corrected chi connectivity index (χ1v) is 5.34. The van der Waals surface area contributed by atoms with E-state index in [2.05, 4.69) is 15.5 Å². The highest BCUT2D eigenvalue weighted by atomic mass is 16.6. The first-order chi connectivity index (χ1) is 8.97. The van der Waals surface area contributed by atoms with Crippen molar-refractivity contribution in [2.24, 2.45) is 0 Å². The predicted molar refractivity (Wildman–Crippen MR) is 64.8 cm³/mol. The Bertz CT molecular complexity index is 650. The molecular formula is C11H10N4O4. The van der Waals surface area contributed by atoms with Crippen LogP contribution in [0.1, 0.15) is 21.8 Å². The lowest BCUT2D eigenvalue weighted by molar-refractivity contribution is -0.384. The Kier molecular flexibility index (Phi) is 3.23. The molecule has 8 nitrogen and oxygen atoms in total. The van der Waals surface area contributed by atoms with Gasteiger partial charge in [-0.05, 0) is 18.6 Å². The minimum absolute atomic E-state index is 0.0137. The van der Waals surface area contributed by atoms with Gasteiger partial charge in [-0.15, -0.1) is 5.10 Å². The van der Waals surface area contributed by atoms with Gasteiger partial charge in [0, 0.05) is 24.6 Å². The number of non-ortho nitro benzene ring substituents is 1. The highest BCUT2D eigenvalue weighted by Crippen LogP contribution is 2.18. The molecule has 0 saturated heterocycles. The van der Waals surface area contributed by atoms with Crippen LogP contribution < -0.4 is 5.32 Å². The Hall–Kier alpha value is -2.77. The summed E-state index contributed by atoms with van der Waals surface area (Å²) in [4.78, 5) is 22.0. The van der Waals surface area contributed by atoms with Crippen molar-refractivity contribution in [3.63, 3.8) is 0 Å². The number of amides is 1. The molecule has 8 heteroatoms. The first kappa shape index (κ1) is 12.7. The quantitative estimate of drug-likeness (QED) is 0.667. The fourth-order valence-corrected chi connectivity index (χ4v) is 1.53. The van der Waals surface area contributed by atoms with Crippen molar-refractivity contribution in [2.75, 3.05) is 5.32 Å². The van der Waals surface area contributed by atoms with Crippen molar-refractivity contribution < 1.29 is 14.1 Å². The van der Waals surface area contributed by atoms with Crippen LogP contribution in [0, 0.1) is 24.0 Å². The van der Waals surface area contributed by atoms with Gasteiger partial charge in [0.25, 0.3) is 11.6 Å². The standard InChI is InChI=1S/C11H10N4O4/c1-6-5-8(15(17)18)3-4-9(6)10(16)12-11-14-13-7(2)19-11/h3-5H,1-2H3,(H,12,14,16). The Labute approximate surface area is 107 Å². The van der Waals surface area contributed by atoms with Gasteiger partial charge in [-0.25, -0.2) is 0 Å². The van der Waals surface area contributed by atoms with Crippen LogP contribution in [0.5, 0.6) is 0 Å². The number of nitrogens with zero attached hydrogens (tertiary/aromatic N) is 3. The van der Waals surface area contributed by atoms with E-state index >= 15 is 0 Å². The molecular weight excluding hydrogens is 252 g/mol. The number of aryl methyl sites for hydroxylation is 2. The molecule has 0 aliphatic rings. The van der Waals surface area contributed by atoms with Crippen LogP contribution in [0.15, 0.2) is 22.6 Å². The third-order valence-corrected chi connectivity index (χ3v) is 2.41. The van der Waals surface area contributed by atoms with E-state index in [0.717, 1.165) is 0 Å². The Balaban J connectivity index is 2.22. The lowest BCUT2D eigenvalue weighted by atomic mass is 10.1. The van der Waals surface area contributed by atoms with Crippen LogP contribution >= 0.6 is 0 Å². The van der Waals surface area contributed by atoms with E-state index in [4.69, 9.17) is 4.42 Å². The molecule has 0 saturated carbocycles. The summed E-state index contributed by atoms with van der Waals surface area (Å²) in [6.45, 7) is 3.21. The van der Waals surface area contributed by atoms with E-state index in [0.29, 0.717) is 17.0 Å². The summed E-state index contributed by atoms with van der Waals surface area (Å²) in [5, 5.41) is 20.2. The number of hydrogen-bond donors (Lipinski definition) is 1. The number of anilines is 1. The number of benzene rings is 1. The Morgan fingerprint density at radius 3 is 2.63 bits per heavy atom. The molecule has 0 spiro atoms. The topological polar surface area (TPSA) is 111 Å². The number of nitrogens with one attached hydrogen (secondary N) is 1. The van der Waals surface area contributed by atoms with Crippen LogP contribution in [0.25, 0.3) is 0 Å². The van der Waals surface area contributed by atoms with Gasteiger partial charge >= 0.3 is 6.01 Å². The van der Waals surface area contributed by atoms with Crippen molar-refractivity contribution in [2.45, 2.75) is 13.8 Å². The van der Waals surface area contributed by atoms with Gasteiger partial charge in [0.15, 0.2) is 0 Å². The maximum Gasteiger partial charge on any atom is 0.322 e. The predicted octanol–water partition coefficient (Wildman–Crippen LogP) is 1.85. The van der Waals surface area contributed by atoms with Crippen molar-refractivity contribution in [1.29, 1.82) is 0 Å². The van der Waals surface area contributed by atoms with E-state index in [9.17, 15) is 14.9 Å². The SMILES string of the molecule is Cc1nnc(NC(=O)c2ccc([N+](=O)[O-])cc2C)o1. The Morgan fingerprint density at radius 2 is 2.11 bits per heavy atom. The van der Waals surface area contributed by atoms with Crippen LogP contribution in [-0.2, 0) is 0 Å². The molecule has 2 aromatic rings. The number of carbonyl (C=O) groups is 1. The van der Waals surface area contributed by atoms with Gasteiger partial charge < -0.3 is 4.42 Å². The minimum atomic E-state index is -0.518. The zero-order valence-electron chi connectivity index (χ0n) is 10.2. The van der Waals surface area contributed by atoms with Crippen molar-refractivity contribution in [1.82, 2.24) is 10.2 Å². The number of carbonyl (C=O) groups excluding carboxylic acids is 1. The summed E-state index contributed by atoms with van der Waals surface area (Å²) in [5.74, 6) is -0.133. The molecule has 0 unspecified atom stereocenters. The number of rotatable bonds is 3. The largest absolute Gasteiger partial charge is 0.408 e. The van der Waals surface area contributed by atoms with E-state index in [-0.39, 0.29) is 11.7 Å². The highest BCUT2D eigenvalue weighted by Gasteiger charge is 2.15. The van der Waals surface area contributed by atoms with Gasteiger partial charge in [0.1, 0.15) is 0 Å². The van der Waals surface area contributed by atoms with E-state index in [1.54, 1.807) is 13.8 Å². The lowest BCUT2D eigenvalue weighted by Crippen LogP contribution is -2.13. The molecule has 0 bridgehead atoms. The molecule has 0 atom stereocenters. The summed E-state index contributed by atoms with van der Waals surface area (Å²) < 4.78 is 5.02. The molecule has 1 heterocycles. The maximum absolute atomic E-state index is 11.9. The molecule has 1 amide bonds. The molecule has 19 heavy (non-hydrogen) atoms. The average molecular weight is 262 g/mol. The third-order valence-electron chi connectivity index (χ3n) is 2.41. The normalized spacial score (nSPS) is 10.2. The smallest absolute Gasteiger partial charge is 0.322 e. The Morgan fingerprint density at radius 1 is 1.37 bits per heavy atom. The van der Waals surface area contributed by atoms with Gasteiger partial charge in [0.2, 0.25) is 5.89 Å². The minimum Gasteiger partial charge on any atom is -0.408 e. The van der Waals surface area contributed by atoms with Crippen molar-refractivity contribution >= 4 is 17.6 Å². The number of aromatic nitrogens is 2. The summed E-state index contributed by atoms with van der Waals surface area (Å²) in [6, 6.07) is 3.96. The average Bonchev–Trinajstić information content (AvgIpc) is 2.74. The monoisotopic (exact) mass is 262 g/mol. The van der Waals surface area contributed by atoms with E-state index < -0.39 is 10.8 Å². The molecule has 98 valence electrons. The van der Waals surface area contributed by atoms with Crippen LogP contribution in [0.3, 0.4) is 0 Å². The van der Waals surface area contributed by atoms with Crippen molar-refractivity contribution in [3.05, 3.63) is 45.3 Å². The second-order valence-electron chi connectivity index (χ2n) is 3.84. The summed E-state index contributed by atoms with van der Waals surface area (Å²) in [5.41, 5.74) is 0.729. The van der Waals surface area contributed by atoms with Crippen LogP contribution in [0.2, 0.25) is 0 Å². The molecule has 1 N–H and O–H groups in total. The summed E-state index contributed by atoms with van der Waals surface area (Å²) in [7, 11) is 0. The molecule has 1 aromatic carbocycles. The second kappa shape index (κ2) is 4.84. The van der Waals surface area contributed by atoms with Crippen LogP contribution in [-0.4, -0.2) is 21.0 Å². The van der Waals surface area contributed by atoms with E-state index in [1.165, 1.54) is 18.2 Å². The molecule has 0 radical (unpaired) electrons. The molecule has 0 aliphatic heterocycles. The first-order valence-electron chi connectivity index (χ1n) is 5.34. The lowest BCUT2D eigenvalue weighted by Gasteiger charge is -2.04. The zero-order chi connectivity index (χ0) is 14.0. The fourth-order valence-electron chi connectivity index (χ4n) is 1.53. The van der Waals surface area contributed by atoms with Gasteiger partial charge in [-0.3, -0.25) is 20.2 Å². The fraction of sp³-hybridized carbons (Fsp3) is 0.182. The third kappa shape index (κ3) is 2.73. The number of nitro groups is 1. The molecule has 2 rings (SSSR count). The van der Waals surface area contributed by atoms with Crippen molar-refractivity contribution in [3.8, 4) is 0 Å². The van der Waals surface area contributed by atoms with E-state index in [1.807, 2.05) is 0 Å². The summed E-state index contributed by atoms with van der Waals surface area (Å²) >= 11 is 0. The number of nitro benzene ring substituents is 1. The zero-order valence-corrected chi connectivity index (χ0v) is 10.2. The van der Waals surface area contributed by atoms with Gasteiger partial charge in [0.05, 0.1) is 4.92 Å².